The smallest absolute Gasteiger partial charge is 0.233 e. The average Bonchev–Trinajstić information content (AvgIpc) is 2.95. The topological polar surface area (TPSA) is 53.1 Å². The molecule has 0 saturated carbocycles. The maximum absolute atomic E-state index is 12.6. The molecular formula is C23H33N3O3. The number of anilines is 1. The van der Waals surface area contributed by atoms with Gasteiger partial charge in [0.2, 0.25) is 11.8 Å². The van der Waals surface area contributed by atoms with Crippen LogP contribution in [-0.2, 0) is 9.59 Å². The van der Waals surface area contributed by atoms with E-state index in [1.807, 2.05) is 44.2 Å². The van der Waals surface area contributed by atoms with E-state index in [2.05, 4.69) is 15.9 Å². The fourth-order valence-electron chi connectivity index (χ4n) is 4.30. The number of piperazine rings is 1. The monoisotopic (exact) mass is 399 g/mol. The molecule has 2 aliphatic rings. The Labute approximate surface area is 174 Å². The van der Waals surface area contributed by atoms with Gasteiger partial charge in [-0.25, -0.2) is 0 Å². The Morgan fingerprint density at radius 2 is 1.79 bits per heavy atom. The minimum atomic E-state index is -0.205. The number of carbonyl (C=O) groups excluding carboxylic acids is 2. The Balaban J connectivity index is 1.45. The number of ether oxygens (including phenoxy) is 1. The van der Waals surface area contributed by atoms with Crippen molar-refractivity contribution >= 4 is 17.5 Å². The number of nitrogens with zero attached hydrogens (tertiary/aromatic N) is 3. The zero-order valence-corrected chi connectivity index (χ0v) is 17.8. The fourth-order valence-corrected chi connectivity index (χ4v) is 4.30. The van der Waals surface area contributed by atoms with E-state index in [9.17, 15) is 9.59 Å². The van der Waals surface area contributed by atoms with E-state index in [0.717, 1.165) is 50.6 Å². The Hall–Kier alpha value is -2.34. The highest BCUT2D eigenvalue weighted by Gasteiger charge is 2.43. The number of methoxy groups -OCH3 is 1. The van der Waals surface area contributed by atoms with Crippen molar-refractivity contribution in [2.24, 2.45) is 11.8 Å². The largest absolute Gasteiger partial charge is 0.495 e. The number of benzene rings is 1. The average molecular weight is 400 g/mol. The summed E-state index contributed by atoms with van der Waals surface area (Å²) in [7, 11) is 1.71. The molecule has 6 heteroatoms. The summed E-state index contributed by atoms with van der Waals surface area (Å²) in [4.78, 5) is 31.4. The molecule has 158 valence electrons. The lowest BCUT2D eigenvalue weighted by Crippen LogP contribution is -2.47. The second kappa shape index (κ2) is 9.92. The van der Waals surface area contributed by atoms with Crippen molar-refractivity contribution in [1.29, 1.82) is 0 Å². The van der Waals surface area contributed by atoms with Gasteiger partial charge in [0.15, 0.2) is 0 Å². The number of likely N-dealkylation sites (tertiary alicyclic amines) is 1. The molecule has 0 radical (unpaired) electrons. The van der Waals surface area contributed by atoms with E-state index in [4.69, 9.17) is 4.74 Å². The lowest BCUT2D eigenvalue weighted by atomic mass is 9.93. The molecule has 1 aromatic rings. The third-order valence-electron chi connectivity index (χ3n) is 6.12. The number of rotatable bonds is 8. The summed E-state index contributed by atoms with van der Waals surface area (Å²) in [5.41, 5.74) is 1.14. The summed E-state index contributed by atoms with van der Waals surface area (Å²) in [6, 6.07) is 8.13. The first kappa shape index (κ1) is 21.4. The van der Waals surface area contributed by atoms with Crippen LogP contribution in [0.25, 0.3) is 0 Å². The number of hydrogen-bond acceptors (Lipinski definition) is 5. The summed E-state index contributed by atoms with van der Waals surface area (Å²) >= 11 is 0. The normalized spacial score (nSPS) is 23.4. The minimum Gasteiger partial charge on any atom is -0.495 e. The second-order valence-electron chi connectivity index (χ2n) is 7.88. The number of hydrogen-bond donors (Lipinski definition) is 0. The van der Waals surface area contributed by atoms with Crippen LogP contribution in [0, 0.1) is 11.8 Å². The van der Waals surface area contributed by atoms with Gasteiger partial charge in [0.25, 0.3) is 0 Å². The number of para-hydroxylation sites is 2. The summed E-state index contributed by atoms with van der Waals surface area (Å²) in [5, 5.41) is 0. The molecule has 0 spiro atoms. The van der Waals surface area contributed by atoms with E-state index in [1.165, 1.54) is 4.90 Å². The standard InChI is InChI=1S/C23H33N3O3/c1-4-5-9-19-18(2)22(27)26(23(19)28)13-8-12-24-14-16-25(17-15-24)20-10-6-7-11-21(20)29-3/h4-7,10-11,18-19H,8-9,12-17H2,1-3H3/b5-4+. The molecule has 0 aromatic heterocycles. The van der Waals surface area contributed by atoms with Gasteiger partial charge in [-0.1, -0.05) is 31.2 Å². The molecule has 1 aromatic carbocycles. The molecule has 2 atom stereocenters. The predicted octanol–water partition coefficient (Wildman–Crippen LogP) is 2.79. The first-order valence-electron chi connectivity index (χ1n) is 10.6. The highest BCUT2D eigenvalue weighted by Crippen LogP contribution is 2.30. The molecule has 2 saturated heterocycles. The van der Waals surface area contributed by atoms with Gasteiger partial charge >= 0.3 is 0 Å². The molecule has 2 fully saturated rings. The van der Waals surface area contributed by atoms with Gasteiger partial charge in [0.1, 0.15) is 5.75 Å². The molecule has 0 aliphatic carbocycles. The van der Waals surface area contributed by atoms with E-state index in [0.29, 0.717) is 13.0 Å². The van der Waals surface area contributed by atoms with E-state index in [1.54, 1.807) is 7.11 Å². The van der Waals surface area contributed by atoms with E-state index >= 15 is 0 Å². The van der Waals surface area contributed by atoms with Gasteiger partial charge in [-0.15, -0.1) is 0 Å². The van der Waals surface area contributed by atoms with E-state index < -0.39 is 0 Å². The fraction of sp³-hybridized carbons (Fsp3) is 0.565. The minimum absolute atomic E-state index is 0.00147. The van der Waals surface area contributed by atoms with Gasteiger partial charge in [-0.05, 0) is 38.4 Å². The SMILES string of the molecule is C/C=C/CC1C(=O)N(CCCN2CCN(c3ccccc3OC)CC2)C(=O)C1C. The van der Waals surface area contributed by atoms with Crippen LogP contribution in [0.5, 0.6) is 5.75 Å². The molecule has 2 unspecified atom stereocenters. The highest BCUT2D eigenvalue weighted by atomic mass is 16.5. The first-order valence-corrected chi connectivity index (χ1v) is 10.6. The zero-order chi connectivity index (χ0) is 20.8. The Kier molecular flexibility index (Phi) is 7.31. The third kappa shape index (κ3) is 4.81. The molecule has 3 rings (SSSR count). The maximum atomic E-state index is 12.6. The van der Waals surface area contributed by atoms with Crippen LogP contribution in [0.1, 0.15) is 26.7 Å². The van der Waals surface area contributed by atoms with Gasteiger partial charge < -0.3 is 9.64 Å². The van der Waals surface area contributed by atoms with Gasteiger partial charge in [0, 0.05) is 38.6 Å². The quantitative estimate of drug-likeness (QED) is 0.497. The van der Waals surface area contributed by atoms with Crippen molar-refractivity contribution in [1.82, 2.24) is 9.80 Å². The zero-order valence-electron chi connectivity index (χ0n) is 17.8. The van der Waals surface area contributed by atoms with Crippen LogP contribution in [0.4, 0.5) is 5.69 Å². The van der Waals surface area contributed by atoms with Crippen molar-refractivity contribution in [3.8, 4) is 5.75 Å². The van der Waals surface area contributed by atoms with Gasteiger partial charge in [-0.3, -0.25) is 19.4 Å². The van der Waals surface area contributed by atoms with Gasteiger partial charge in [0.05, 0.1) is 18.7 Å². The highest BCUT2D eigenvalue weighted by molar-refractivity contribution is 6.04. The lowest BCUT2D eigenvalue weighted by molar-refractivity contribution is -0.139. The van der Waals surface area contributed by atoms with Crippen molar-refractivity contribution < 1.29 is 14.3 Å². The van der Waals surface area contributed by atoms with Crippen LogP contribution in [0.3, 0.4) is 0 Å². The number of imide groups is 1. The summed E-state index contributed by atoms with van der Waals surface area (Å²) in [6.07, 6.45) is 5.41. The summed E-state index contributed by atoms with van der Waals surface area (Å²) in [6.45, 7) is 9.10. The van der Waals surface area contributed by atoms with Crippen LogP contribution < -0.4 is 9.64 Å². The van der Waals surface area contributed by atoms with Crippen molar-refractivity contribution in [3.63, 3.8) is 0 Å². The van der Waals surface area contributed by atoms with Crippen LogP contribution in [-0.4, -0.2) is 68.0 Å². The van der Waals surface area contributed by atoms with Crippen LogP contribution >= 0.6 is 0 Å². The maximum Gasteiger partial charge on any atom is 0.233 e. The number of amides is 2. The van der Waals surface area contributed by atoms with Crippen molar-refractivity contribution in [2.45, 2.75) is 26.7 Å². The molecule has 29 heavy (non-hydrogen) atoms. The predicted molar refractivity (Wildman–Crippen MR) is 115 cm³/mol. The van der Waals surface area contributed by atoms with Crippen molar-refractivity contribution in [3.05, 3.63) is 36.4 Å². The first-order chi connectivity index (χ1) is 14.1. The van der Waals surface area contributed by atoms with Gasteiger partial charge in [-0.2, -0.15) is 0 Å². The number of carbonyl (C=O) groups is 2. The molecule has 6 nitrogen and oxygen atoms in total. The summed E-state index contributed by atoms with van der Waals surface area (Å²) in [5.74, 6) is 0.506. The van der Waals surface area contributed by atoms with Crippen molar-refractivity contribution in [2.75, 3.05) is 51.3 Å². The van der Waals surface area contributed by atoms with E-state index in [-0.39, 0.29) is 23.7 Å². The van der Waals surface area contributed by atoms with Crippen LogP contribution in [0.2, 0.25) is 0 Å². The summed E-state index contributed by atoms with van der Waals surface area (Å²) < 4.78 is 5.48. The lowest BCUT2D eigenvalue weighted by Gasteiger charge is -2.36. The molecule has 0 N–H and O–H groups in total. The second-order valence-corrected chi connectivity index (χ2v) is 7.88. The number of allylic oxidation sites excluding steroid dienone is 2. The Morgan fingerprint density at radius 3 is 2.48 bits per heavy atom. The molecule has 0 bridgehead atoms. The third-order valence-corrected chi connectivity index (χ3v) is 6.12. The van der Waals surface area contributed by atoms with Crippen LogP contribution in [0.15, 0.2) is 36.4 Å². The molecule has 2 amide bonds. The Bertz CT molecular complexity index is 741. The molecular weight excluding hydrogens is 366 g/mol. The Morgan fingerprint density at radius 1 is 1.07 bits per heavy atom. The molecule has 2 heterocycles. The molecule has 2 aliphatic heterocycles.